The minimum absolute atomic E-state index is 0.0916. The number of hydrogen-bond acceptors (Lipinski definition) is 5. The first kappa shape index (κ1) is 22.5. The largest absolute Gasteiger partial charge is 0.481 e. The van der Waals surface area contributed by atoms with Crippen LogP contribution in [0.15, 0.2) is 24.3 Å². The molecule has 2 saturated heterocycles. The molecule has 2 fully saturated rings. The Morgan fingerprint density at radius 3 is 2.17 bits per heavy atom. The number of piperazine rings is 1. The number of anilines is 1. The molecule has 2 aliphatic rings. The number of benzene rings is 1. The predicted molar refractivity (Wildman–Crippen MR) is 115 cm³/mol. The molecule has 0 bridgehead atoms. The third-order valence-electron chi connectivity index (χ3n) is 5.67. The number of likely N-dealkylation sites (tertiary alicyclic amines) is 1. The first-order valence-electron chi connectivity index (χ1n) is 10.4. The molecule has 9 heteroatoms. The zero-order valence-corrected chi connectivity index (χ0v) is 17.8. The summed E-state index contributed by atoms with van der Waals surface area (Å²) in [6.07, 6.45) is 2.08. The van der Waals surface area contributed by atoms with E-state index in [0.29, 0.717) is 36.9 Å². The Morgan fingerprint density at radius 2 is 1.57 bits per heavy atom. The van der Waals surface area contributed by atoms with Gasteiger partial charge in [0.2, 0.25) is 11.8 Å². The lowest BCUT2D eigenvalue weighted by Gasteiger charge is -2.36. The molecule has 0 aromatic heterocycles. The molecule has 0 unspecified atom stereocenters. The molecule has 3 rings (SSSR count). The van der Waals surface area contributed by atoms with Crippen molar-refractivity contribution < 1.29 is 19.5 Å². The number of carboxylic acids is 1. The van der Waals surface area contributed by atoms with Gasteiger partial charge in [-0.25, -0.2) is 0 Å². The van der Waals surface area contributed by atoms with Gasteiger partial charge >= 0.3 is 5.97 Å². The van der Waals surface area contributed by atoms with Gasteiger partial charge in [-0.05, 0) is 37.1 Å². The van der Waals surface area contributed by atoms with Gasteiger partial charge in [-0.1, -0.05) is 11.6 Å². The Bertz CT molecular complexity index is 744. The number of aliphatic carboxylic acids is 1. The van der Waals surface area contributed by atoms with Gasteiger partial charge in [0.25, 0.3) is 0 Å². The molecule has 0 spiro atoms. The second-order valence-electron chi connectivity index (χ2n) is 7.96. The molecule has 0 radical (unpaired) electrons. The van der Waals surface area contributed by atoms with Crippen LogP contribution in [0.5, 0.6) is 0 Å². The van der Waals surface area contributed by atoms with Crippen molar-refractivity contribution in [3.05, 3.63) is 29.3 Å². The third kappa shape index (κ3) is 6.68. The van der Waals surface area contributed by atoms with Crippen LogP contribution in [0.4, 0.5) is 5.69 Å². The van der Waals surface area contributed by atoms with Crippen molar-refractivity contribution in [2.75, 3.05) is 57.7 Å². The number of rotatable bonds is 8. The lowest BCUT2D eigenvalue weighted by Crippen LogP contribution is -2.51. The normalized spacial score (nSPS) is 18.9. The van der Waals surface area contributed by atoms with Gasteiger partial charge < -0.3 is 15.3 Å². The maximum Gasteiger partial charge on any atom is 0.308 e. The zero-order valence-electron chi connectivity index (χ0n) is 17.1. The van der Waals surface area contributed by atoms with Gasteiger partial charge in [-0.15, -0.1) is 0 Å². The third-order valence-corrected chi connectivity index (χ3v) is 5.92. The summed E-state index contributed by atoms with van der Waals surface area (Å²) in [5, 5.41) is 12.8. The number of carbonyl (C=O) groups is 3. The number of amides is 2. The first-order chi connectivity index (χ1) is 14.4. The predicted octanol–water partition coefficient (Wildman–Crippen LogP) is 1.61. The Balaban J connectivity index is 1.43. The molecular formula is C21H29ClN4O4. The highest BCUT2D eigenvalue weighted by molar-refractivity contribution is 6.30. The number of nitrogens with zero attached hydrogens (tertiary/aromatic N) is 3. The van der Waals surface area contributed by atoms with Crippen LogP contribution in [0, 0.1) is 5.92 Å². The second kappa shape index (κ2) is 10.7. The molecule has 1 aromatic carbocycles. The van der Waals surface area contributed by atoms with Crippen LogP contribution in [0.2, 0.25) is 5.02 Å². The number of carboxylic acid groups (broad SMARTS) is 1. The zero-order chi connectivity index (χ0) is 21.5. The van der Waals surface area contributed by atoms with Gasteiger partial charge in [0.1, 0.15) is 0 Å². The van der Waals surface area contributed by atoms with Crippen molar-refractivity contribution in [3.8, 4) is 0 Å². The molecule has 2 N–H and O–H groups in total. The monoisotopic (exact) mass is 436 g/mol. The van der Waals surface area contributed by atoms with E-state index >= 15 is 0 Å². The van der Waals surface area contributed by atoms with Crippen molar-refractivity contribution >= 4 is 35.1 Å². The molecule has 1 aromatic rings. The van der Waals surface area contributed by atoms with E-state index < -0.39 is 11.9 Å². The van der Waals surface area contributed by atoms with E-state index in [2.05, 4.69) is 15.1 Å². The number of hydrogen-bond donors (Lipinski definition) is 2. The topological polar surface area (TPSA) is 93.2 Å². The summed E-state index contributed by atoms with van der Waals surface area (Å²) in [6, 6.07) is 6.69. The number of nitrogens with one attached hydrogen (secondary N) is 1. The van der Waals surface area contributed by atoms with Crippen molar-refractivity contribution in [2.24, 2.45) is 5.92 Å². The van der Waals surface area contributed by atoms with E-state index in [-0.39, 0.29) is 18.2 Å². The van der Waals surface area contributed by atoms with Crippen LogP contribution < -0.4 is 5.32 Å². The summed E-state index contributed by atoms with van der Waals surface area (Å²) in [4.78, 5) is 42.4. The quantitative estimate of drug-likeness (QED) is 0.643. The van der Waals surface area contributed by atoms with E-state index in [0.717, 1.165) is 39.0 Å². The maximum atomic E-state index is 12.3. The molecule has 2 aliphatic heterocycles. The summed E-state index contributed by atoms with van der Waals surface area (Å²) < 4.78 is 0. The molecule has 2 amide bonds. The summed E-state index contributed by atoms with van der Waals surface area (Å²) in [5.74, 6) is -1.91. The van der Waals surface area contributed by atoms with Gasteiger partial charge in [-0.3, -0.25) is 24.2 Å². The fraction of sp³-hybridized carbons (Fsp3) is 0.571. The maximum absolute atomic E-state index is 12.3. The van der Waals surface area contributed by atoms with Crippen LogP contribution in [0.1, 0.15) is 19.3 Å². The van der Waals surface area contributed by atoms with E-state index in [4.69, 9.17) is 11.6 Å². The van der Waals surface area contributed by atoms with E-state index in [1.54, 1.807) is 24.3 Å². The Morgan fingerprint density at radius 1 is 0.967 bits per heavy atom. The van der Waals surface area contributed by atoms with Crippen LogP contribution in [-0.4, -0.2) is 89.9 Å². The molecule has 0 saturated carbocycles. The molecule has 164 valence electrons. The lowest BCUT2D eigenvalue weighted by molar-refractivity contribution is -0.144. The van der Waals surface area contributed by atoms with Gasteiger partial charge in [-0.2, -0.15) is 0 Å². The summed E-state index contributed by atoms with van der Waals surface area (Å²) in [7, 11) is 0. The fourth-order valence-corrected chi connectivity index (χ4v) is 4.02. The Kier molecular flexibility index (Phi) is 8.07. The highest BCUT2D eigenvalue weighted by atomic mass is 35.5. The van der Waals surface area contributed by atoms with Crippen LogP contribution in [0.25, 0.3) is 0 Å². The van der Waals surface area contributed by atoms with E-state index in [9.17, 15) is 19.5 Å². The number of carbonyl (C=O) groups excluding carboxylic acids is 2. The van der Waals surface area contributed by atoms with Gasteiger partial charge in [0.05, 0.1) is 12.5 Å². The van der Waals surface area contributed by atoms with Crippen molar-refractivity contribution in [1.82, 2.24) is 14.7 Å². The first-order valence-corrected chi connectivity index (χ1v) is 10.8. The highest BCUT2D eigenvalue weighted by Crippen LogP contribution is 2.16. The van der Waals surface area contributed by atoms with Crippen molar-refractivity contribution in [3.63, 3.8) is 0 Å². The molecule has 2 heterocycles. The van der Waals surface area contributed by atoms with E-state index in [1.807, 2.05) is 4.90 Å². The molecular weight excluding hydrogens is 408 g/mol. The average molecular weight is 437 g/mol. The summed E-state index contributed by atoms with van der Waals surface area (Å²) in [6.45, 7) is 5.29. The SMILES string of the molecule is O=C(C[C@@H](CN1CCN(CC(=O)N2CCCC2)CC1)C(=O)O)Nc1ccc(Cl)cc1. The molecule has 1 atom stereocenters. The average Bonchev–Trinajstić information content (AvgIpc) is 3.25. The Labute approximate surface area is 181 Å². The number of halogens is 1. The fourth-order valence-electron chi connectivity index (χ4n) is 3.90. The smallest absolute Gasteiger partial charge is 0.308 e. The van der Waals surface area contributed by atoms with Crippen LogP contribution in [-0.2, 0) is 14.4 Å². The minimum atomic E-state index is -0.979. The molecule has 0 aliphatic carbocycles. The highest BCUT2D eigenvalue weighted by Gasteiger charge is 2.28. The second-order valence-corrected chi connectivity index (χ2v) is 8.40. The summed E-state index contributed by atoms with van der Waals surface area (Å²) in [5.41, 5.74) is 0.588. The minimum Gasteiger partial charge on any atom is -0.481 e. The lowest BCUT2D eigenvalue weighted by atomic mass is 10.0. The molecule has 30 heavy (non-hydrogen) atoms. The van der Waals surface area contributed by atoms with Gasteiger partial charge in [0.15, 0.2) is 0 Å². The van der Waals surface area contributed by atoms with Crippen LogP contribution >= 0.6 is 11.6 Å². The van der Waals surface area contributed by atoms with E-state index in [1.165, 1.54) is 0 Å². The molecule has 8 nitrogen and oxygen atoms in total. The van der Waals surface area contributed by atoms with Gasteiger partial charge in [0, 0.05) is 62.9 Å². The van der Waals surface area contributed by atoms with Crippen LogP contribution in [0.3, 0.4) is 0 Å². The Hall–Kier alpha value is -2.16. The standard InChI is InChI=1S/C21H29ClN4O4/c22-17-3-5-18(6-4-17)23-19(27)13-16(21(29)30)14-24-9-11-25(12-10-24)15-20(28)26-7-1-2-8-26/h3-6,16H,1-2,7-15H2,(H,23,27)(H,29,30)/t16-/m0/s1. The summed E-state index contributed by atoms with van der Waals surface area (Å²) >= 11 is 5.83. The van der Waals surface area contributed by atoms with Crippen molar-refractivity contribution in [2.45, 2.75) is 19.3 Å². The van der Waals surface area contributed by atoms with Crippen molar-refractivity contribution in [1.29, 1.82) is 0 Å².